The highest BCUT2D eigenvalue weighted by atomic mass is 19.3. The molecule has 0 spiro atoms. The molecule has 2 N–H and O–H groups in total. The van der Waals surface area contributed by atoms with Gasteiger partial charge in [0.1, 0.15) is 35.0 Å². The van der Waals surface area contributed by atoms with Crippen molar-refractivity contribution in [3.63, 3.8) is 0 Å². The number of piperazine rings is 1. The fraction of sp³-hybridized carbons (Fsp3) is 0.378. The number of hydrogen-bond donors (Lipinski definition) is 2. The normalized spacial score (nSPS) is 23.4. The number of terminal acetylenes is 1. The van der Waals surface area contributed by atoms with Crippen LogP contribution in [0.4, 0.5) is 23.4 Å². The molecule has 4 fully saturated rings. The standard InChI is InChI=1S/C37H33F4N7O2/c1-3-24-27(38)8-5-19-11-23(49)12-25(28(19)24)29-31(39)33-30(26-17-46(2)45-32(26)29)35(47-15-21-6-7-22(16-47)42-21)44-36(43-33)50-18-37-9-4-10-48(37)14-20(13-37)34(40)41/h1,5,8,11-12,17,21-22,42,49H,4,6-7,9-10,13-16,18H2,2H3/t21-,22+,37-/m0/s1. The summed E-state index contributed by atoms with van der Waals surface area (Å²) in [5.74, 6) is 1.32. The number of hydrogen-bond acceptors (Lipinski definition) is 8. The number of anilines is 1. The van der Waals surface area contributed by atoms with Gasteiger partial charge in [-0.2, -0.15) is 23.8 Å². The first kappa shape index (κ1) is 31.1. The Labute approximate surface area is 284 Å². The summed E-state index contributed by atoms with van der Waals surface area (Å²) in [5, 5.41) is 20.8. The molecule has 9 rings (SSSR count). The van der Waals surface area contributed by atoms with Crippen LogP contribution in [0.25, 0.3) is 43.7 Å². The molecule has 0 unspecified atom stereocenters. The molecule has 2 bridgehead atoms. The molecular weight excluding hydrogens is 650 g/mol. The molecule has 4 aliphatic rings. The zero-order valence-corrected chi connectivity index (χ0v) is 27.2. The zero-order chi connectivity index (χ0) is 34.5. The Hall–Kier alpha value is -4.93. The van der Waals surface area contributed by atoms with E-state index in [9.17, 15) is 13.9 Å². The third kappa shape index (κ3) is 4.72. The Kier molecular flexibility index (Phi) is 7.02. The number of phenolic OH excluding ortho intramolecular Hbond substituents is 1. The van der Waals surface area contributed by atoms with Crippen LogP contribution in [0.5, 0.6) is 11.8 Å². The molecule has 4 aliphatic heterocycles. The monoisotopic (exact) mass is 683 g/mol. The molecule has 0 aliphatic carbocycles. The van der Waals surface area contributed by atoms with E-state index in [-0.39, 0.29) is 82.1 Å². The number of nitrogens with zero attached hydrogens (tertiary/aromatic N) is 6. The Bertz CT molecular complexity index is 2320. The Morgan fingerprint density at radius 1 is 1.12 bits per heavy atom. The van der Waals surface area contributed by atoms with Crippen LogP contribution in [0.1, 0.15) is 37.7 Å². The molecule has 9 nitrogen and oxygen atoms in total. The molecule has 3 aromatic carbocycles. The van der Waals surface area contributed by atoms with Gasteiger partial charge in [0.15, 0.2) is 5.82 Å². The highest BCUT2D eigenvalue weighted by Gasteiger charge is 2.48. The van der Waals surface area contributed by atoms with Crippen molar-refractivity contribution in [2.45, 2.75) is 49.7 Å². The van der Waals surface area contributed by atoms with Crippen molar-refractivity contribution in [1.82, 2.24) is 30.0 Å². The van der Waals surface area contributed by atoms with Crippen molar-refractivity contribution in [1.29, 1.82) is 0 Å². The summed E-state index contributed by atoms with van der Waals surface area (Å²) in [5.41, 5.74) is -0.191. The predicted molar refractivity (Wildman–Crippen MR) is 181 cm³/mol. The second kappa shape index (κ2) is 11.3. The number of phenols is 1. The van der Waals surface area contributed by atoms with Crippen LogP contribution in [0.15, 0.2) is 42.1 Å². The second-order valence-corrected chi connectivity index (χ2v) is 14.1. The number of benzene rings is 3. The fourth-order valence-electron chi connectivity index (χ4n) is 8.85. The first-order chi connectivity index (χ1) is 24.1. The third-order valence-corrected chi connectivity index (χ3v) is 11.0. The van der Waals surface area contributed by atoms with Crippen LogP contribution in [-0.2, 0) is 7.05 Å². The lowest BCUT2D eigenvalue weighted by molar-refractivity contribution is 0.108. The average molecular weight is 684 g/mol. The van der Waals surface area contributed by atoms with Crippen molar-refractivity contribution in [3.8, 4) is 35.2 Å². The summed E-state index contributed by atoms with van der Waals surface area (Å²) < 4.78 is 68.0. The number of fused-ring (bicyclic) bond motifs is 7. The molecule has 5 aromatic rings. The number of nitrogens with one attached hydrogen (secondary N) is 1. The lowest BCUT2D eigenvalue weighted by Gasteiger charge is -2.35. The van der Waals surface area contributed by atoms with E-state index in [0.717, 1.165) is 19.3 Å². The molecule has 6 heterocycles. The minimum absolute atomic E-state index is 0.00312. The summed E-state index contributed by atoms with van der Waals surface area (Å²) in [4.78, 5) is 13.8. The first-order valence-electron chi connectivity index (χ1n) is 16.8. The van der Waals surface area contributed by atoms with Gasteiger partial charge in [-0.1, -0.05) is 12.0 Å². The van der Waals surface area contributed by atoms with Crippen molar-refractivity contribution < 1.29 is 27.4 Å². The molecule has 256 valence electrons. The lowest BCUT2D eigenvalue weighted by Crippen LogP contribution is -2.51. The van der Waals surface area contributed by atoms with Crippen molar-refractivity contribution in [2.75, 3.05) is 37.7 Å². The van der Waals surface area contributed by atoms with Crippen molar-refractivity contribution in [3.05, 3.63) is 59.3 Å². The van der Waals surface area contributed by atoms with E-state index in [1.165, 1.54) is 24.3 Å². The molecule has 50 heavy (non-hydrogen) atoms. The minimum Gasteiger partial charge on any atom is -0.508 e. The van der Waals surface area contributed by atoms with Gasteiger partial charge < -0.3 is 20.1 Å². The number of rotatable bonds is 5. The highest BCUT2D eigenvalue weighted by Crippen LogP contribution is 2.46. The molecule has 0 amide bonds. The van der Waals surface area contributed by atoms with E-state index >= 15 is 8.78 Å². The number of aromatic nitrogens is 4. The van der Waals surface area contributed by atoms with E-state index in [1.807, 2.05) is 4.90 Å². The third-order valence-electron chi connectivity index (χ3n) is 11.0. The molecule has 3 atom stereocenters. The van der Waals surface area contributed by atoms with Gasteiger partial charge in [-0.15, -0.1) is 6.42 Å². The van der Waals surface area contributed by atoms with Gasteiger partial charge in [-0.05, 0) is 67.8 Å². The molecule has 4 saturated heterocycles. The molecule has 0 saturated carbocycles. The van der Waals surface area contributed by atoms with Crippen LogP contribution in [0.3, 0.4) is 0 Å². The van der Waals surface area contributed by atoms with Gasteiger partial charge >= 0.3 is 6.01 Å². The maximum Gasteiger partial charge on any atom is 0.319 e. The van der Waals surface area contributed by atoms with E-state index in [0.29, 0.717) is 48.0 Å². The summed E-state index contributed by atoms with van der Waals surface area (Å²) in [6, 6.07) is 5.91. The maximum atomic E-state index is 17.5. The number of aromatic hydroxyl groups is 1. The second-order valence-electron chi connectivity index (χ2n) is 14.1. The van der Waals surface area contributed by atoms with Gasteiger partial charge in [0.25, 0.3) is 6.08 Å². The molecule has 2 aromatic heterocycles. The van der Waals surface area contributed by atoms with Crippen LogP contribution in [0, 0.1) is 24.0 Å². The topological polar surface area (TPSA) is 91.6 Å². The molecule has 13 heteroatoms. The van der Waals surface area contributed by atoms with Crippen molar-refractivity contribution >= 4 is 38.4 Å². The number of aryl methyl sites for hydroxylation is 1. The SMILES string of the molecule is C#Cc1c(F)ccc2cc(O)cc(-c3c(F)c4nc(OC[C@@]56CCCN5CC(=C(F)F)C6)nc(N5C[C@H]6CC[C@@H](C5)N6)c4c4cn(C)nc34)c12. The van der Waals surface area contributed by atoms with Gasteiger partial charge in [0.2, 0.25) is 0 Å². The fourth-order valence-corrected chi connectivity index (χ4v) is 8.85. The number of halogens is 4. The number of ether oxygens (including phenoxy) is 1. The Balaban J connectivity index is 1.28. The van der Waals surface area contributed by atoms with Crippen molar-refractivity contribution in [2.24, 2.45) is 7.05 Å². The average Bonchev–Trinajstić information content (AvgIpc) is 3.85. The Morgan fingerprint density at radius 2 is 1.92 bits per heavy atom. The summed E-state index contributed by atoms with van der Waals surface area (Å²) in [6.45, 7) is 2.21. The highest BCUT2D eigenvalue weighted by molar-refractivity contribution is 6.18. The molecule has 0 radical (unpaired) electrons. The predicted octanol–water partition coefficient (Wildman–Crippen LogP) is 6.01. The Morgan fingerprint density at radius 3 is 2.68 bits per heavy atom. The molecular formula is C37H33F4N7O2. The van der Waals surface area contributed by atoms with Crippen LogP contribution in [-0.4, -0.2) is 80.2 Å². The quantitative estimate of drug-likeness (QED) is 0.172. The smallest absolute Gasteiger partial charge is 0.319 e. The minimum atomic E-state index is -1.65. The van der Waals surface area contributed by atoms with Gasteiger partial charge in [-0.3, -0.25) is 9.58 Å². The van der Waals surface area contributed by atoms with Crippen LogP contribution in [0.2, 0.25) is 0 Å². The summed E-state index contributed by atoms with van der Waals surface area (Å²) >= 11 is 0. The zero-order valence-electron chi connectivity index (χ0n) is 27.2. The first-order valence-corrected chi connectivity index (χ1v) is 16.8. The summed E-state index contributed by atoms with van der Waals surface area (Å²) in [6.07, 6.45) is 9.63. The van der Waals surface area contributed by atoms with E-state index < -0.39 is 23.3 Å². The van der Waals surface area contributed by atoms with E-state index in [4.69, 9.17) is 16.1 Å². The maximum absolute atomic E-state index is 17.5. The van der Waals surface area contributed by atoms with Crippen LogP contribution < -0.4 is 15.0 Å². The van der Waals surface area contributed by atoms with E-state index in [1.54, 1.807) is 17.9 Å². The van der Waals surface area contributed by atoms with Gasteiger partial charge in [-0.25, -0.2) is 8.78 Å². The largest absolute Gasteiger partial charge is 0.508 e. The lowest BCUT2D eigenvalue weighted by atomic mass is 9.91. The summed E-state index contributed by atoms with van der Waals surface area (Å²) in [7, 11) is 1.72. The van der Waals surface area contributed by atoms with E-state index in [2.05, 4.69) is 26.2 Å². The van der Waals surface area contributed by atoms with Gasteiger partial charge in [0, 0.05) is 66.9 Å². The van der Waals surface area contributed by atoms with Crippen LogP contribution >= 0.6 is 0 Å². The van der Waals surface area contributed by atoms with Gasteiger partial charge in [0.05, 0.1) is 16.5 Å².